The molecule has 15 heavy (non-hydrogen) atoms. The third-order valence-electron chi connectivity index (χ3n) is 1.97. The normalized spacial score (nSPS) is 15.1. The lowest BCUT2D eigenvalue weighted by atomic mass is 10.2. The summed E-state index contributed by atoms with van der Waals surface area (Å²) >= 11 is 0. The molecular weight excluding hydrogens is 216 g/mol. The van der Waals surface area contributed by atoms with Gasteiger partial charge in [-0.1, -0.05) is 0 Å². The smallest absolute Gasteiger partial charge is 0.486 e. The maximum atomic E-state index is 13.2. The van der Waals surface area contributed by atoms with Crippen LogP contribution in [-0.4, -0.2) is 13.9 Å². The fourth-order valence-corrected chi connectivity index (χ4v) is 1.44. The molecular formula is C7H2BF3O4. The molecule has 0 saturated carbocycles. The van der Waals surface area contributed by atoms with Crippen LogP contribution in [0.2, 0.25) is 0 Å². The van der Waals surface area contributed by atoms with Gasteiger partial charge in [0, 0.05) is 6.07 Å². The average Bonchev–Trinajstić information content (AvgIpc) is 2.39. The van der Waals surface area contributed by atoms with E-state index in [1.807, 2.05) is 0 Å². The molecule has 4 nitrogen and oxygen atoms in total. The molecule has 0 atom stereocenters. The summed E-state index contributed by atoms with van der Waals surface area (Å²) < 4.78 is 56.0. The summed E-state index contributed by atoms with van der Waals surface area (Å²) in [6.07, 6.45) is 0. The standard InChI is InChI=1S/C7H2BF3O4/c9-2-1-3-5-6(12-7(10)11)4(2)14-8(13-3)15-5/h1,7H. The second-order valence-corrected chi connectivity index (χ2v) is 2.86. The minimum absolute atomic E-state index is 0.00519. The van der Waals surface area contributed by atoms with E-state index in [9.17, 15) is 13.2 Å². The first-order chi connectivity index (χ1) is 7.15. The van der Waals surface area contributed by atoms with E-state index in [1.165, 1.54) is 0 Å². The summed E-state index contributed by atoms with van der Waals surface area (Å²) in [5.41, 5.74) is 0. The van der Waals surface area contributed by atoms with Gasteiger partial charge >= 0.3 is 13.9 Å². The van der Waals surface area contributed by atoms with Gasteiger partial charge in [0.25, 0.3) is 0 Å². The first kappa shape index (κ1) is 8.57. The monoisotopic (exact) mass is 218 g/mol. The molecule has 2 aliphatic heterocycles. The third-order valence-corrected chi connectivity index (χ3v) is 1.97. The number of fused-ring (bicyclic) bond motifs is 2. The van der Waals surface area contributed by atoms with Gasteiger partial charge in [0.1, 0.15) is 0 Å². The number of ether oxygens (including phenoxy) is 1. The Morgan fingerprint density at radius 2 is 1.93 bits per heavy atom. The fourth-order valence-electron chi connectivity index (χ4n) is 1.44. The average molecular weight is 218 g/mol. The van der Waals surface area contributed by atoms with E-state index in [4.69, 9.17) is 14.0 Å². The highest BCUT2D eigenvalue weighted by atomic mass is 19.3. The number of rotatable bonds is 2. The van der Waals surface area contributed by atoms with Crippen LogP contribution in [0.3, 0.4) is 0 Å². The highest BCUT2D eigenvalue weighted by Gasteiger charge is 2.48. The van der Waals surface area contributed by atoms with Crippen molar-refractivity contribution in [1.82, 2.24) is 0 Å². The highest BCUT2D eigenvalue weighted by molar-refractivity contribution is 6.42. The second kappa shape index (κ2) is 2.65. The minimum Gasteiger partial charge on any atom is -0.486 e. The van der Waals surface area contributed by atoms with E-state index >= 15 is 0 Å². The Labute approximate surface area is 81.7 Å². The SMILES string of the molecule is Fc1cc2c3c(OC(F)F)c1OB(O2)O3. The van der Waals surface area contributed by atoms with Gasteiger partial charge in [-0.15, -0.1) is 0 Å². The van der Waals surface area contributed by atoms with E-state index in [1.54, 1.807) is 0 Å². The molecule has 2 heterocycles. The molecule has 0 unspecified atom stereocenters. The first-order valence-corrected chi connectivity index (χ1v) is 3.96. The van der Waals surface area contributed by atoms with E-state index in [0.29, 0.717) is 0 Å². The van der Waals surface area contributed by atoms with Crippen LogP contribution in [0.25, 0.3) is 0 Å². The van der Waals surface area contributed by atoms with Gasteiger partial charge in [0.2, 0.25) is 5.75 Å². The quantitative estimate of drug-likeness (QED) is 0.706. The van der Waals surface area contributed by atoms with Gasteiger partial charge in [-0.25, -0.2) is 4.39 Å². The lowest BCUT2D eigenvalue weighted by Crippen LogP contribution is -2.34. The van der Waals surface area contributed by atoms with Crippen LogP contribution in [0.5, 0.6) is 23.0 Å². The predicted octanol–water partition coefficient (Wildman–Crippen LogP) is 1.58. The van der Waals surface area contributed by atoms with Gasteiger partial charge in [0.15, 0.2) is 23.1 Å². The maximum absolute atomic E-state index is 13.2. The third kappa shape index (κ3) is 1.10. The molecule has 3 bridgehead atoms. The summed E-state index contributed by atoms with van der Waals surface area (Å²) in [4.78, 5) is 0. The molecule has 0 amide bonds. The first-order valence-electron chi connectivity index (χ1n) is 3.96. The number of benzene rings is 1. The Morgan fingerprint density at radius 3 is 2.67 bits per heavy atom. The van der Waals surface area contributed by atoms with Crippen molar-refractivity contribution in [2.75, 3.05) is 0 Å². The van der Waals surface area contributed by atoms with Crippen LogP contribution in [0.1, 0.15) is 0 Å². The molecule has 8 heteroatoms. The summed E-state index contributed by atoms with van der Waals surface area (Å²) in [6.45, 7) is -3.08. The van der Waals surface area contributed by atoms with Gasteiger partial charge in [-0.05, 0) is 0 Å². The summed E-state index contributed by atoms with van der Waals surface area (Å²) in [5.74, 6) is -1.76. The van der Waals surface area contributed by atoms with Crippen molar-refractivity contribution in [3.05, 3.63) is 11.9 Å². The van der Waals surface area contributed by atoms with E-state index < -0.39 is 31.2 Å². The molecule has 0 radical (unpaired) electrons. The highest BCUT2D eigenvalue weighted by Crippen LogP contribution is 2.53. The molecule has 0 fully saturated rings. The van der Waals surface area contributed by atoms with Crippen molar-refractivity contribution >= 4 is 7.32 Å². The topological polar surface area (TPSA) is 36.9 Å². The van der Waals surface area contributed by atoms with Gasteiger partial charge < -0.3 is 18.7 Å². The molecule has 3 rings (SSSR count). The minimum atomic E-state index is -3.08. The Hall–Kier alpha value is -1.73. The molecule has 0 aromatic heterocycles. The van der Waals surface area contributed by atoms with E-state index in [0.717, 1.165) is 6.07 Å². The van der Waals surface area contributed by atoms with E-state index in [2.05, 4.69) is 4.74 Å². The fraction of sp³-hybridized carbons (Fsp3) is 0.143. The number of hydrogen-bond donors (Lipinski definition) is 0. The molecule has 2 aliphatic rings. The van der Waals surface area contributed by atoms with Crippen LogP contribution >= 0.6 is 0 Å². The number of alkyl halides is 2. The molecule has 0 aliphatic carbocycles. The van der Waals surface area contributed by atoms with Gasteiger partial charge in [-0.2, -0.15) is 8.78 Å². The molecule has 1 aromatic rings. The molecule has 1 aromatic carbocycles. The summed E-state index contributed by atoms with van der Waals surface area (Å²) in [6, 6.07) is 0.996. The van der Waals surface area contributed by atoms with Crippen molar-refractivity contribution in [3.63, 3.8) is 0 Å². The predicted molar refractivity (Wildman–Crippen MR) is 40.7 cm³/mol. The Bertz CT molecular complexity index is 435. The second-order valence-electron chi connectivity index (χ2n) is 2.86. The molecule has 0 N–H and O–H groups in total. The molecule has 78 valence electrons. The van der Waals surface area contributed by atoms with Crippen LogP contribution in [0, 0.1) is 5.82 Å². The van der Waals surface area contributed by atoms with Crippen molar-refractivity contribution in [2.45, 2.75) is 6.61 Å². The van der Waals surface area contributed by atoms with Crippen LogP contribution in [-0.2, 0) is 0 Å². The largest absolute Gasteiger partial charge is 0.864 e. The van der Waals surface area contributed by atoms with Crippen molar-refractivity contribution in [1.29, 1.82) is 0 Å². The van der Waals surface area contributed by atoms with Crippen molar-refractivity contribution in [2.24, 2.45) is 0 Å². The summed E-state index contributed by atoms with van der Waals surface area (Å²) in [5, 5.41) is 0. The van der Waals surface area contributed by atoms with E-state index in [-0.39, 0.29) is 11.5 Å². The van der Waals surface area contributed by atoms with Gasteiger partial charge in [0.05, 0.1) is 0 Å². The van der Waals surface area contributed by atoms with Crippen LogP contribution in [0.15, 0.2) is 6.07 Å². The molecule has 0 saturated heterocycles. The zero-order valence-electron chi connectivity index (χ0n) is 7.00. The zero-order chi connectivity index (χ0) is 10.6. The maximum Gasteiger partial charge on any atom is 0.864 e. The van der Waals surface area contributed by atoms with Crippen LogP contribution in [0.4, 0.5) is 13.2 Å². The van der Waals surface area contributed by atoms with Crippen molar-refractivity contribution < 1.29 is 31.9 Å². The Morgan fingerprint density at radius 1 is 1.20 bits per heavy atom. The Kier molecular flexibility index (Phi) is 1.51. The number of hydrogen-bond acceptors (Lipinski definition) is 4. The van der Waals surface area contributed by atoms with Crippen LogP contribution < -0.4 is 18.7 Å². The molecule has 0 spiro atoms. The zero-order valence-corrected chi connectivity index (χ0v) is 7.00. The lowest BCUT2D eigenvalue weighted by Gasteiger charge is -2.17. The number of halogens is 3. The van der Waals surface area contributed by atoms with Gasteiger partial charge in [-0.3, -0.25) is 0 Å². The summed E-state index contributed by atoms with van der Waals surface area (Å²) in [7, 11) is -1.11. The lowest BCUT2D eigenvalue weighted by molar-refractivity contribution is -0.0528. The Balaban J connectivity index is 2.15. The van der Waals surface area contributed by atoms with Crippen molar-refractivity contribution in [3.8, 4) is 23.0 Å².